The zero-order valence-electron chi connectivity index (χ0n) is 30.9. The van der Waals surface area contributed by atoms with E-state index in [1.165, 1.54) is 0 Å². The molecule has 0 aliphatic heterocycles. The summed E-state index contributed by atoms with van der Waals surface area (Å²) in [4.78, 5) is 27.0. The normalized spacial score (nSPS) is 12.5. The molecule has 0 amide bonds. The van der Waals surface area contributed by atoms with Crippen LogP contribution in [0.3, 0.4) is 0 Å². The van der Waals surface area contributed by atoms with Crippen molar-refractivity contribution in [1.29, 1.82) is 0 Å². The average molecular weight is 717 g/mol. The second-order valence-corrected chi connectivity index (χ2v) is 23.2. The molecule has 51 heavy (non-hydrogen) atoms. The van der Waals surface area contributed by atoms with Gasteiger partial charge in [-0.2, -0.15) is 0 Å². The lowest BCUT2D eigenvalue weighted by Gasteiger charge is -2.43. The third-order valence-electron chi connectivity index (χ3n) is 10.0. The number of Topliss-reactive ketones (excluding diaryl/α,β-unsaturated/α-hetero) is 1. The molecule has 0 saturated heterocycles. The Morgan fingerprint density at radius 2 is 1.14 bits per heavy atom. The Morgan fingerprint density at radius 1 is 0.686 bits per heavy atom. The molecule has 0 unspecified atom stereocenters. The molecule has 0 radical (unpaired) electrons. The molecule has 5 nitrogen and oxygen atoms in total. The van der Waals surface area contributed by atoms with E-state index in [4.69, 9.17) is 9.16 Å². The zero-order chi connectivity index (χ0) is 36.7. The van der Waals surface area contributed by atoms with Crippen LogP contribution in [0, 0.1) is 0 Å². The predicted octanol–water partition coefficient (Wildman–Crippen LogP) is 7.41. The first-order valence-corrected chi connectivity index (χ1v) is 21.8. The summed E-state index contributed by atoms with van der Waals surface area (Å²) in [7, 11) is -6.55. The van der Waals surface area contributed by atoms with Gasteiger partial charge in [0, 0.05) is 12.7 Å². The molecular formula is C44H52O5Si2. The van der Waals surface area contributed by atoms with Crippen LogP contribution in [0.1, 0.15) is 70.3 Å². The lowest BCUT2D eigenvalue weighted by atomic mass is 9.94. The van der Waals surface area contributed by atoms with Crippen molar-refractivity contribution in [2.45, 2.75) is 70.9 Å². The second-order valence-electron chi connectivity index (χ2n) is 15.1. The highest BCUT2D eigenvalue weighted by atomic mass is 28.4. The maximum Gasteiger partial charge on any atom is 0.319 e. The summed E-state index contributed by atoms with van der Waals surface area (Å²) in [5.74, 6) is 0.0432. The van der Waals surface area contributed by atoms with Gasteiger partial charge < -0.3 is 19.1 Å². The van der Waals surface area contributed by atoms with Crippen LogP contribution in [0.25, 0.3) is 0 Å². The Kier molecular flexibility index (Phi) is 11.9. The zero-order valence-corrected chi connectivity index (χ0v) is 32.9. The Labute approximate surface area is 306 Å². The van der Waals surface area contributed by atoms with Gasteiger partial charge in [0.05, 0.1) is 5.56 Å². The van der Waals surface area contributed by atoms with Crippen LogP contribution in [-0.4, -0.2) is 45.5 Å². The fraction of sp³-hybridized carbons (Fsp3) is 0.295. The van der Waals surface area contributed by atoms with E-state index in [9.17, 15) is 14.7 Å². The van der Waals surface area contributed by atoms with Crippen molar-refractivity contribution in [1.82, 2.24) is 0 Å². The smallest absolute Gasteiger partial charge is 0.319 e. The molecule has 0 heterocycles. The number of benzene rings is 5. The van der Waals surface area contributed by atoms with Gasteiger partial charge in [-0.05, 0) is 55.3 Å². The van der Waals surface area contributed by atoms with E-state index < -0.39 is 21.7 Å². The van der Waals surface area contributed by atoms with Gasteiger partial charge in [-0.25, -0.2) is 0 Å². The SMILES string of the molecule is CCCCOCC(=O)c1c(O)cc(O[Si](c2ccccc2)(c2ccccc2)C(C)(C)C)cc1CC(C)(C)[Si](O)(c1ccccc1)c1ccccc1. The van der Waals surface area contributed by atoms with E-state index in [2.05, 4.69) is 65.8 Å². The highest BCUT2D eigenvalue weighted by molar-refractivity contribution is 7.00. The molecule has 5 rings (SSSR count). The number of aromatic hydroxyl groups is 1. The number of phenols is 1. The van der Waals surface area contributed by atoms with Gasteiger partial charge in [0.1, 0.15) is 18.1 Å². The summed E-state index contributed by atoms with van der Waals surface area (Å²) < 4.78 is 13.1. The van der Waals surface area contributed by atoms with Gasteiger partial charge in [0.15, 0.2) is 5.78 Å². The molecule has 0 bridgehead atoms. The second kappa shape index (κ2) is 15.9. The minimum absolute atomic E-state index is 0.144. The quantitative estimate of drug-likeness (QED) is 0.0671. The van der Waals surface area contributed by atoms with E-state index >= 15 is 0 Å². The number of hydrogen-bond acceptors (Lipinski definition) is 5. The summed E-state index contributed by atoms with van der Waals surface area (Å²) >= 11 is 0. The molecule has 0 fully saturated rings. The van der Waals surface area contributed by atoms with Crippen molar-refractivity contribution in [2.75, 3.05) is 13.2 Å². The summed E-state index contributed by atoms with van der Waals surface area (Å²) in [6.07, 6.45) is 2.10. The first-order valence-electron chi connectivity index (χ1n) is 18.0. The predicted molar refractivity (Wildman–Crippen MR) is 214 cm³/mol. The summed E-state index contributed by atoms with van der Waals surface area (Å²) in [5, 5.41) is 14.7. The molecule has 2 N–H and O–H groups in total. The third-order valence-corrected chi connectivity index (χ3v) is 19.4. The van der Waals surface area contributed by atoms with Gasteiger partial charge in [-0.1, -0.05) is 169 Å². The number of carbonyl (C=O) groups is 1. The van der Waals surface area contributed by atoms with Crippen LogP contribution >= 0.6 is 0 Å². The maximum absolute atomic E-state index is 14.0. The highest BCUT2D eigenvalue weighted by Crippen LogP contribution is 2.44. The molecule has 7 heteroatoms. The summed E-state index contributed by atoms with van der Waals surface area (Å²) in [5.41, 5.74) is 0.835. The lowest BCUT2D eigenvalue weighted by Crippen LogP contribution is -2.68. The van der Waals surface area contributed by atoms with E-state index in [1.807, 2.05) is 103 Å². The topological polar surface area (TPSA) is 76.0 Å². The fourth-order valence-corrected chi connectivity index (χ4v) is 15.5. The van der Waals surface area contributed by atoms with Gasteiger partial charge in [0.25, 0.3) is 8.32 Å². The molecular weight excluding hydrogens is 665 g/mol. The lowest BCUT2D eigenvalue weighted by molar-refractivity contribution is 0.0751. The molecule has 0 saturated carbocycles. The molecule has 5 aromatic carbocycles. The highest BCUT2D eigenvalue weighted by Gasteiger charge is 2.53. The first kappa shape index (κ1) is 38.0. The minimum Gasteiger partial charge on any atom is -0.534 e. The molecule has 0 aliphatic rings. The van der Waals surface area contributed by atoms with Gasteiger partial charge in [-0.3, -0.25) is 4.79 Å². The van der Waals surface area contributed by atoms with Crippen LogP contribution in [0.4, 0.5) is 0 Å². The Hall–Kier alpha value is -4.28. The maximum atomic E-state index is 14.0. The summed E-state index contributed by atoms with van der Waals surface area (Å²) in [6.45, 7) is 13.2. The first-order chi connectivity index (χ1) is 24.3. The number of phenolic OH excluding ortho intramolecular Hbond substituents is 1. The standard InChI is InChI=1S/C44H52O5Si2/c1-7-8-29-48-33-41(46)42-34(32-44(5,6)50(47,36-21-13-9-14-22-36)37-23-15-10-16-24-37)30-35(31-40(42)45)49-51(43(2,3)4,38-25-17-11-18-26-38)39-27-19-12-20-28-39/h9-28,30-31,45,47H,7-8,29,32-33H2,1-6H3. The van der Waals surface area contributed by atoms with E-state index in [1.54, 1.807) is 6.07 Å². The number of ether oxygens (including phenoxy) is 1. The molecule has 5 aromatic rings. The van der Waals surface area contributed by atoms with Crippen molar-refractivity contribution in [3.63, 3.8) is 0 Å². The Bertz CT molecular complexity index is 1790. The van der Waals surface area contributed by atoms with Crippen LogP contribution in [0.2, 0.25) is 10.1 Å². The molecule has 266 valence electrons. The number of carbonyl (C=O) groups excluding carboxylic acids is 1. The Balaban J connectivity index is 1.70. The number of ketones is 1. The largest absolute Gasteiger partial charge is 0.534 e. The molecule has 0 aromatic heterocycles. The van der Waals surface area contributed by atoms with Crippen molar-refractivity contribution in [3.8, 4) is 11.5 Å². The average Bonchev–Trinajstić information content (AvgIpc) is 3.12. The van der Waals surface area contributed by atoms with Crippen LogP contribution < -0.4 is 25.2 Å². The van der Waals surface area contributed by atoms with E-state index in [0.717, 1.165) is 33.6 Å². The van der Waals surface area contributed by atoms with Crippen molar-refractivity contribution in [2.24, 2.45) is 0 Å². The van der Waals surface area contributed by atoms with Gasteiger partial charge in [0.2, 0.25) is 0 Å². The van der Waals surface area contributed by atoms with E-state index in [-0.39, 0.29) is 28.7 Å². The third kappa shape index (κ3) is 7.82. The van der Waals surface area contributed by atoms with Crippen LogP contribution in [0.15, 0.2) is 133 Å². The molecule has 0 aliphatic carbocycles. The summed E-state index contributed by atoms with van der Waals surface area (Å²) in [6, 6.07) is 43.9. The van der Waals surface area contributed by atoms with Crippen molar-refractivity contribution >= 4 is 43.2 Å². The van der Waals surface area contributed by atoms with Crippen molar-refractivity contribution < 1.29 is 23.9 Å². The number of rotatable bonds is 15. The fourth-order valence-electron chi connectivity index (χ4n) is 7.40. The van der Waals surface area contributed by atoms with Crippen LogP contribution in [0.5, 0.6) is 11.5 Å². The van der Waals surface area contributed by atoms with Gasteiger partial charge in [-0.15, -0.1) is 0 Å². The minimum atomic E-state index is -3.48. The van der Waals surface area contributed by atoms with Crippen molar-refractivity contribution in [3.05, 3.63) is 145 Å². The van der Waals surface area contributed by atoms with Crippen LogP contribution in [-0.2, 0) is 11.2 Å². The monoisotopic (exact) mass is 716 g/mol. The molecule has 0 atom stereocenters. The van der Waals surface area contributed by atoms with Gasteiger partial charge >= 0.3 is 8.32 Å². The van der Waals surface area contributed by atoms with E-state index in [0.29, 0.717) is 24.3 Å². The number of unbranched alkanes of at least 4 members (excludes halogenated alkanes) is 1. The number of hydrogen-bond donors (Lipinski definition) is 2. The Morgan fingerprint density at radius 3 is 1.57 bits per heavy atom. The molecule has 0 spiro atoms.